The first kappa shape index (κ1) is 15.0. The third-order valence-corrected chi connectivity index (χ3v) is 2.86. The second kappa shape index (κ2) is 6.85. The third-order valence-electron chi connectivity index (χ3n) is 2.86. The van der Waals surface area contributed by atoms with Crippen LogP contribution in [0, 0.1) is 0 Å². The van der Waals surface area contributed by atoms with Crippen molar-refractivity contribution in [1.29, 1.82) is 0 Å². The van der Waals surface area contributed by atoms with Crippen LogP contribution in [0.2, 0.25) is 0 Å². The summed E-state index contributed by atoms with van der Waals surface area (Å²) in [6.45, 7) is 2.16. The molecule has 0 saturated heterocycles. The van der Waals surface area contributed by atoms with Crippen molar-refractivity contribution in [3.8, 4) is 0 Å². The first-order valence-corrected chi connectivity index (χ1v) is 6.60. The van der Waals surface area contributed by atoms with Gasteiger partial charge < -0.3 is 10.1 Å². The Labute approximate surface area is 123 Å². The Hall–Kier alpha value is -2.41. The standard InChI is InChI=1S/C14H18N4O3/c1-10(9-21-2)16-14(20)13-15-8-12(19)18(17-13)11-6-4-3-5-7-11/h3-7,10H,8-9H2,1-2H3,(H,15,17)(H,16,20). The predicted molar refractivity (Wildman–Crippen MR) is 78.8 cm³/mol. The van der Waals surface area contributed by atoms with E-state index in [0.717, 1.165) is 0 Å². The Morgan fingerprint density at radius 1 is 1.48 bits per heavy atom. The third kappa shape index (κ3) is 3.79. The number of amides is 2. The molecule has 1 aromatic carbocycles. The first-order valence-electron chi connectivity index (χ1n) is 6.60. The zero-order valence-corrected chi connectivity index (χ0v) is 12.0. The number of ether oxygens (including phenoxy) is 1. The van der Waals surface area contributed by atoms with Gasteiger partial charge in [0.05, 0.1) is 12.3 Å². The summed E-state index contributed by atoms with van der Waals surface area (Å²) in [6.07, 6.45) is 0. The number of hydrogen-bond donors (Lipinski definition) is 2. The summed E-state index contributed by atoms with van der Waals surface area (Å²) in [5.41, 5.74) is 3.41. The molecule has 2 N–H and O–H groups in total. The average Bonchev–Trinajstić information content (AvgIpc) is 2.48. The molecule has 0 saturated carbocycles. The number of methoxy groups -OCH3 is 1. The van der Waals surface area contributed by atoms with E-state index in [-0.39, 0.29) is 30.2 Å². The van der Waals surface area contributed by atoms with Crippen molar-refractivity contribution in [2.45, 2.75) is 13.0 Å². The number of hydrogen-bond acceptors (Lipinski definition) is 5. The summed E-state index contributed by atoms with van der Waals surface area (Å²) >= 11 is 0. The molecule has 21 heavy (non-hydrogen) atoms. The molecule has 0 radical (unpaired) electrons. The maximum absolute atomic E-state index is 12.1. The number of para-hydroxylation sites is 1. The van der Waals surface area contributed by atoms with Gasteiger partial charge in [-0.3, -0.25) is 20.0 Å². The Bertz CT molecular complexity index is 544. The lowest BCUT2D eigenvalue weighted by Gasteiger charge is -2.28. The number of rotatable bonds is 5. The minimum atomic E-state index is -0.368. The minimum absolute atomic E-state index is 0.0662. The first-order chi connectivity index (χ1) is 10.1. The molecule has 0 spiro atoms. The van der Waals surface area contributed by atoms with E-state index >= 15 is 0 Å². The number of amidine groups is 1. The molecule has 1 heterocycles. The monoisotopic (exact) mass is 290 g/mol. The van der Waals surface area contributed by atoms with Gasteiger partial charge in [-0.15, -0.1) is 0 Å². The lowest BCUT2D eigenvalue weighted by atomic mass is 10.3. The van der Waals surface area contributed by atoms with E-state index in [4.69, 9.17) is 4.74 Å². The van der Waals surface area contributed by atoms with Gasteiger partial charge in [0.15, 0.2) is 0 Å². The van der Waals surface area contributed by atoms with Gasteiger partial charge >= 0.3 is 0 Å². The van der Waals surface area contributed by atoms with Gasteiger partial charge in [0.2, 0.25) is 5.84 Å². The fraction of sp³-hybridized carbons (Fsp3) is 0.357. The number of nitrogens with one attached hydrogen (secondary N) is 2. The molecule has 2 rings (SSSR count). The molecule has 7 nitrogen and oxygen atoms in total. The smallest absolute Gasteiger partial charge is 0.288 e. The van der Waals surface area contributed by atoms with Crippen LogP contribution in [-0.2, 0) is 14.3 Å². The van der Waals surface area contributed by atoms with E-state index in [1.54, 1.807) is 19.2 Å². The highest BCUT2D eigenvalue weighted by molar-refractivity contribution is 6.39. The van der Waals surface area contributed by atoms with Gasteiger partial charge in [0, 0.05) is 13.2 Å². The molecule has 2 amide bonds. The zero-order chi connectivity index (χ0) is 15.2. The van der Waals surface area contributed by atoms with Crippen LogP contribution in [0.25, 0.3) is 0 Å². The van der Waals surface area contributed by atoms with Gasteiger partial charge in [-0.1, -0.05) is 18.2 Å². The molecule has 7 heteroatoms. The summed E-state index contributed by atoms with van der Waals surface area (Å²) in [7, 11) is 1.56. The van der Waals surface area contributed by atoms with Crippen LogP contribution in [0.5, 0.6) is 0 Å². The van der Waals surface area contributed by atoms with Crippen molar-refractivity contribution in [2.24, 2.45) is 4.99 Å². The molecular formula is C14H18N4O3. The van der Waals surface area contributed by atoms with E-state index in [1.807, 2.05) is 25.1 Å². The highest BCUT2D eigenvalue weighted by Gasteiger charge is 2.25. The average molecular weight is 290 g/mol. The van der Waals surface area contributed by atoms with Gasteiger partial charge in [-0.25, -0.2) is 5.01 Å². The number of benzene rings is 1. The van der Waals surface area contributed by atoms with E-state index in [2.05, 4.69) is 15.7 Å². The Balaban J connectivity index is 2.06. The fourth-order valence-electron chi connectivity index (χ4n) is 1.91. The maximum Gasteiger partial charge on any atom is 0.288 e. The fourth-order valence-corrected chi connectivity index (χ4v) is 1.91. The van der Waals surface area contributed by atoms with Crippen molar-refractivity contribution in [1.82, 2.24) is 10.7 Å². The van der Waals surface area contributed by atoms with Crippen molar-refractivity contribution < 1.29 is 14.3 Å². The highest BCUT2D eigenvalue weighted by atomic mass is 16.5. The summed E-state index contributed by atoms with van der Waals surface area (Å²) in [5.74, 6) is -0.475. The van der Waals surface area contributed by atoms with Crippen molar-refractivity contribution >= 4 is 23.3 Å². The van der Waals surface area contributed by atoms with Crippen LogP contribution < -0.4 is 15.8 Å². The number of carbonyl (C=O) groups excluding carboxylic acids is 2. The quantitative estimate of drug-likeness (QED) is 0.805. The van der Waals surface area contributed by atoms with Crippen LogP contribution in [-0.4, -0.2) is 44.0 Å². The van der Waals surface area contributed by atoms with E-state index < -0.39 is 0 Å². The summed E-state index contributed by atoms with van der Waals surface area (Å²) in [6, 6.07) is 8.90. The molecule has 0 aromatic heterocycles. The molecule has 1 aliphatic heterocycles. The van der Waals surface area contributed by atoms with Crippen molar-refractivity contribution in [3.63, 3.8) is 0 Å². The topological polar surface area (TPSA) is 83.0 Å². The molecule has 1 aromatic rings. The maximum atomic E-state index is 12.1. The number of aliphatic imine (C=N–C) groups is 1. The predicted octanol–water partition coefficient (Wildman–Crippen LogP) is 0.0874. The molecule has 0 bridgehead atoms. The van der Waals surface area contributed by atoms with Gasteiger partial charge in [0.25, 0.3) is 11.8 Å². The van der Waals surface area contributed by atoms with Crippen LogP contribution in [0.1, 0.15) is 6.92 Å². The number of nitrogens with zero attached hydrogens (tertiary/aromatic N) is 2. The number of hydrazine groups is 1. The van der Waals surface area contributed by atoms with Crippen molar-refractivity contribution in [3.05, 3.63) is 30.3 Å². The summed E-state index contributed by atoms with van der Waals surface area (Å²) < 4.78 is 4.96. The van der Waals surface area contributed by atoms with Gasteiger partial charge in [-0.2, -0.15) is 0 Å². The molecule has 0 aliphatic carbocycles. The lowest BCUT2D eigenvalue weighted by molar-refractivity contribution is -0.118. The molecule has 1 unspecified atom stereocenters. The summed E-state index contributed by atoms with van der Waals surface area (Å²) in [4.78, 5) is 27.9. The highest BCUT2D eigenvalue weighted by Crippen LogP contribution is 2.13. The Kier molecular flexibility index (Phi) is 4.89. The van der Waals surface area contributed by atoms with E-state index in [1.165, 1.54) is 5.01 Å². The minimum Gasteiger partial charge on any atom is -0.383 e. The van der Waals surface area contributed by atoms with Crippen molar-refractivity contribution in [2.75, 3.05) is 25.3 Å². The zero-order valence-electron chi connectivity index (χ0n) is 12.0. The lowest BCUT2D eigenvalue weighted by Crippen LogP contribution is -2.56. The largest absolute Gasteiger partial charge is 0.383 e. The van der Waals surface area contributed by atoms with Crippen LogP contribution >= 0.6 is 0 Å². The van der Waals surface area contributed by atoms with Gasteiger partial charge in [-0.05, 0) is 19.1 Å². The number of anilines is 1. The Morgan fingerprint density at radius 3 is 2.86 bits per heavy atom. The SMILES string of the molecule is COCC(C)NC(=O)C1=NCC(=O)N(c2ccccc2)N1. The van der Waals surface area contributed by atoms with Gasteiger partial charge in [0.1, 0.15) is 6.54 Å². The molecule has 1 aliphatic rings. The second-order valence-electron chi connectivity index (χ2n) is 4.67. The Morgan fingerprint density at radius 2 is 2.19 bits per heavy atom. The normalized spacial score (nSPS) is 16.0. The molecular weight excluding hydrogens is 272 g/mol. The molecule has 112 valence electrons. The van der Waals surface area contributed by atoms with Crippen LogP contribution in [0.15, 0.2) is 35.3 Å². The van der Waals surface area contributed by atoms with E-state index in [9.17, 15) is 9.59 Å². The summed E-state index contributed by atoms with van der Waals surface area (Å²) in [5, 5.41) is 4.06. The second-order valence-corrected chi connectivity index (χ2v) is 4.67. The molecule has 1 atom stereocenters. The number of carbonyl (C=O) groups is 2. The van der Waals surface area contributed by atoms with E-state index in [0.29, 0.717) is 12.3 Å². The van der Waals surface area contributed by atoms with Crippen LogP contribution in [0.3, 0.4) is 0 Å². The van der Waals surface area contributed by atoms with Crippen LogP contribution in [0.4, 0.5) is 5.69 Å². The molecule has 0 fully saturated rings.